The van der Waals surface area contributed by atoms with E-state index in [1.165, 1.54) is 21.3 Å². The van der Waals surface area contributed by atoms with E-state index in [9.17, 15) is 10.1 Å². The summed E-state index contributed by atoms with van der Waals surface area (Å²) in [5.74, 6) is 0.600. The van der Waals surface area contributed by atoms with Crippen LogP contribution in [0.25, 0.3) is 10.9 Å². The number of para-hydroxylation sites is 1. The van der Waals surface area contributed by atoms with Crippen LogP contribution >= 0.6 is 11.3 Å². The Morgan fingerprint density at radius 3 is 2.93 bits per heavy atom. The number of aromatic nitrogens is 1. The van der Waals surface area contributed by atoms with Crippen LogP contribution in [-0.2, 0) is 17.6 Å². The van der Waals surface area contributed by atoms with Crippen molar-refractivity contribution in [2.75, 3.05) is 25.0 Å². The Kier molecular flexibility index (Phi) is 5.32. The van der Waals surface area contributed by atoms with Gasteiger partial charge in [-0.1, -0.05) is 18.2 Å². The van der Waals surface area contributed by atoms with Crippen molar-refractivity contribution >= 4 is 33.1 Å². The molecule has 0 radical (unpaired) electrons. The van der Waals surface area contributed by atoms with Crippen LogP contribution in [0.4, 0.5) is 5.00 Å². The number of carbonyl (C=O) groups excluding carboxylic acids is 1. The molecule has 1 amide bonds. The summed E-state index contributed by atoms with van der Waals surface area (Å²) in [6.07, 6.45) is 8.03. The first kappa shape index (κ1) is 19.3. The Hall–Kier alpha value is -2.62. The summed E-state index contributed by atoms with van der Waals surface area (Å²) in [7, 11) is 0. The number of aromatic amines is 1. The Morgan fingerprint density at radius 1 is 1.27 bits per heavy atom. The Labute approximate surface area is 180 Å². The van der Waals surface area contributed by atoms with Crippen LogP contribution < -0.4 is 5.32 Å². The molecule has 5 nitrogen and oxygen atoms in total. The molecule has 0 spiro atoms. The summed E-state index contributed by atoms with van der Waals surface area (Å²) in [5.41, 5.74) is 4.50. The smallest absolute Gasteiger partial charge is 0.226 e. The Balaban J connectivity index is 1.13. The molecule has 30 heavy (non-hydrogen) atoms. The number of nitrogens with one attached hydrogen (secondary N) is 2. The van der Waals surface area contributed by atoms with Gasteiger partial charge in [-0.3, -0.25) is 4.79 Å². The Morgan fingerprint density at radius 2 is 2.10 bits per heavy atom. The minimum atomic E-state index is 0.0187. The van der Waals surface area contributed by atoms with Gasteiger partial charge in [-0.25, -0.2) is 0 Å². The second-order valence-electron chi connectivity index (χ2n) is 8.38. The largest absolute Gasteiger partial charge is 0.361 e. The number of benzene rings is 1. The predicted octanol–water partition coefficient (Wildman–Crippen LogP) is 4.80. The lowest BCUT2D eigenvalue weighted by atomic mass is 9.89. The molecule has 154 valence electrons. The molecule has 0 atom stereocenters. The zero-order valence-electron chi connectivity index (χ0n) is 17.0. The van der Waals surface area contributed by atoms with Crippen molar-refractivity contribution in [3.05, 3.63) is 52.0 Å². The lowest BCUT2D eigenvalue weighted by Crippen LogP contribution is -2.35. The maximum absolute atomic E-state index is 12.5. The highest BCUT2D eigenvalue weighted by molar-refractivity contribution is 7.16. The van der Waals surface area contributed by atoms with Gasteiger partial charge >= 0.3 is 0 Å². The van der Waals surface area contributed by atoms with Gasteiger partial charge in [0, 0.05) is 34.9 Å². The number of amides is 1. The highest BCUT2D eigenvalue weighted by Gasteiger charge is 2.25. The zero-order chi connectivity index (χ0) is 20.5. The average molecular weight is 419 g/mol. The van der Waals surface area contributed by atoms with Crippen molar-refractivity contribution < 1.29 is 4.79 Å². The summed E-state index contributed by atoms with van der Waals surface area (Å²) in [6.45, 7) is 2.82. The van der Waals surface area contributed by atoms with Crippen molar-refractivity contribution in [1.29, 1.82) is 5.26 Å². The number of likely N-dealkylation sites (tertiary alicyclic amines) is 1. The number of carbonyl (C=O) groups is 1. The number of aryl methyl sites for hydroxylation is 1. The molecule has 2 aliphatic rings. The number of H-pyrrole nitrogens is 1. The lowest BCUT2D eigenvalue weighted by Gasteiger charge is -2.31. The van der Waals surface area contributed by atoms with Gasteiger partial charge in [0.25, 0.3) is 0 Å². The van der Waals surface area contributed by atoms with Crippen LogP contribution in [-0.4, -0.2) is 35.4 Å². The number of piperidine rings is 1. The molecular formula is C24H26N4OS. The van der Waals surface area contributed by atoms with Gasteiger partial charge in [-0.05, 0) is 68.3 Å². The van der Waals surface area contributed by atoms with Crippen molar-refractivity contribution in [2.24, 2.45) is 0 Å². The maximum Gasteiger partial charge on any atom is 0.226 e. The van der Waals surface area contributed by atoms with Crippen molar-refractivity contribution in [1.82, 2.24) is 9.88 Å². The molecule has 3 heterocycles. The number of fused-ring (bicyclic) bond motifs is 2. The molecule has 0 unspecified atom stereocenters. The van der Waals surface area contributed by atoms with Crippen LogP contribution in [0.3, 0.4) is 0 Å². The van der Waals surface area contributed by atoms with Gasteiger partial charge in [0.15, 0.2) is 0 Å². The molecule has 1 aromatic carbocycles. The van der Waals surface area contributed by atoms with E-state index in [1.54, 1.807) is 11.3 Å². The number of nitriles is 1. The minimum absolute atomic E-state index is 0.0187. The fourth-order valence-corrected chi connectivity index (χ4v) is 6.21. The van der Waals surface area contributed by atoms with Crippen LogP contribution in [0.5, 0.6) is 0 Å². The zero-order valence-corrected chi connectivity index (χ0v) is 17.9. The minimum Gasteiger partial charge on any atom is -0.361 e. The monoisotopic (exact) mass is 418 g/mol. The lowest BCUT2D eigenvalue weighted by molar-refractivity contribution is -0.116. The molecule has 6 heteroatoms. The van der Waals surface area contributed by atoms with Gasteiger partial charge in [-0.15, -0.1) is 11.3 Å². The number of hydrogen-bond donors (Lipinski definition) is 2. The molecule has 1 saturated heterocycles. The first-order valence-electron chi connectivity index (χ1n) is 10.9. The molecule has 0 bridgehead atoms. The van der Waals surface area contributed by atoms with Gasteiger partial charge < -0.3 is 15.2 Å². The van der Waals surface area contributed by atoms with Gasteiger partial charge in [0.2, 0.25) is 5.91 Å². The first-order valence-corrected chi connectivity index (χ1v) is 11.7. The fraction of sp³-hybridized carbons (Fsp3) is 0.417. The molecule has 1 aliphatic heterocycles. The van der Waals surface area contributed by atoms with E-state index in [1.807, 2.05) is 0 Å². The number of anilines is 1. The van der Waals surface area contributed by atoms with Gasteiger partial charge in [0.05, 0.1) is 5.56 Å². The van der Waals surface area contributed by atoms with E-state index >= 15 is 0 Å². The highest BCUT2D eigenvalue weighted by Crippen LogP contribution is 2.38. The molecule has 2 N–H and O–H groups in total. The molecule has 1 fully saturated rings. The van der Waals surface area contributed by atoms with E-state index in [2.05, 4.69) is 51.7 Å². The van der Waals surface area contributed by atoms with E-state index in [-0.39, 0.29) is 5.91 Å². The maximum atomic E-state index is 12.5. The summed E-state index contributed by atoms with van der Waals surface area (Å²) in [4.78, 5) is 19.6. The van der Waals surface area contributed by atoms with Crippen molar-refractivity contribution in [3.8, 4) is 6.07 Å². The van der Waals surface area contributed by atoms with Crippen LogP contribution in [0.1, 0.15) is 53.2 Å². The average Bonchev–Trinajstić information content (AvgIpc) is 3.47. The third-order valence-electron chi connectivity index (χ3n) is 6.59. The van der Waals surface area contributed by atoms with Crippen LogP contribution in [0.15, 0.2) is 30.5 Å². The second-order valence-corrected chi connectivity index (χ2v) is 9.48. The summed E-state index contributed by atoms with van der Waals surface area (Å²) >= 11 is 1.59. The normalized spacial score (nSPS) is 17.2. The summed E-state index contributed by atoms with van der Waals surface area (Å²) in [6, 6.07) is 10.8. The molecular weight excluding hydrogens is 392 g/mol. The summed E-state index contributed by atoms with van der Waals surface area (Å²) in [5, 5.41) is 14.6. The Bertz CT molecular complexity index is 1110. The van der Waals surface area contributed by atoms with E-state index < -0.39 is 0 Å². The quantitative estimate of drug-likeness (QED) is 0.625. The second kappa shape index (κ2) is 8.25. The van der Waals surface area contributed by atoms with Crippen molar-refractivity contribution in [2.45, 2.75) is 44.4 Å². The summed E-state index contributed by atoms with van der Waals surface area (Å²) < 4.78 is 0. The SMILES string of the molecule is N#Cc1c(NC(=O)CCN2CCC(c3c[nH]c4ccccc34)CC2)sc2c1CCC2. The van der Waals surface area contributed by atoms with Crippen LogP contribution in [0.2, 0.25) is 0 Å². The predicted molar refractivity (Wildman–Crippen MR) is 121 cm³/mol. The fourth-order valence-electron chi connectivity index (χ4n) is 4.96. The van der Waals surface area contributed by atoms with Crippen molar-refractivity contribution in [3.63, 3.8) is 0 Å². The highest BCUT2D eigenvalue weighted by atomic mass is 32.1. The number of hydrogen-bond acceptors (Lipinski definition) is 4. The standard InChI is InChI=1S/C24H26N4OS/c25-14-19-18-5-3-7-22(18)30-24(19)27-23(29)10-13-28-11-8-16(9-12-28)20-15-26-21-6-2-1-4-17(20)21/h1-2,4,6,15-16,26H,3,5,7-13H2,(H,27,29). The van der Waals surface area contributed by atoms with Gasteiger partial charge in [0.1, 0.15) is 11.1 Å². The van der Waals surface area contributed by atoms with E-state index in [0.29, 0.717) is 17.9 Å². The molecule has 5 rings (SSSR count). The van der Waals surface area contributed by atoms with Crippen LogP contribution in [0, 0.1) is 11.3 Å². The topological polar surface area (TPSA) is 71.9 Å². The third-order valence-corrected chi connectivity index (χ3v) is 7.80. The molecule has 3 aromatic rings. The number of thiophene rings is 1. The van der Waals surface area contributed by atoms with E-state index in [0.717, 1.165) is 62.3 Å². The molecule has 1 aliphatic carbocycles. The molecule has 0 saturated carbocycles. The number of nitrogens with zero attached hydrogens (tertiary/aromatic N) is 2. The first-order chi connectivity index (χ1) is 14.7. The third kappa shape index (κ3) is 3.64. The number of rotatable bonds is 5. The molecule has 2 aromatic heterocycles. The van der Waals surface area contributed by atoms with Gasteiger partial charge in [-0.2, -0.15) is 5.26 Å². The van der Waals surface area contributed by atoms with E-state index in [4.69, 9.17) is 0 Å².